The van der Waals surface area contributed by atoms with Crippen molar-refractivity contribution in [3.05, 3.63) is 71.3 Å². The van der Waals surface area contributed by atoms with E-state index in [1.165, 1.54) is 6.07 Å². The highest BCUT2D eigenvalue weighted by Gasteiger charge is 2.08. The molecule has 2 aromatic carbocycles. The molecule has 1 nitrogen and oxygen atoms in total. The monoisotopic (exact) mass is 241 g/mol. The van der Waals surface area contributed by atoms with Gasteiger partial charge in [0, 0.05) is 11.6 Å². The number of benzene rings is 2. The van der Waals surface area contributed by atoms with E-state index in [-0.39, 0.29) is 11.1 Å². The van der Waals surface area contributed by atoms with E-state index < -0.39 is 11.6 Å². The maximum absolute atomic E-state index is 13.6. The number of nitrogens with zero attached hydrogens (tertiary/aromatic N) is 1. The minimum absolute atomic E-state index is 0.0998. The molecular weight excluding hydrogens is 232 g/mol. The Kier molecular flexibility index (Phi) is 3.49. The summed E-state index contributed by atoms with van der Waals surface area (Å²) in [6.07, 6.45) is 1.57. The molecule has 0 aliphatic carbocycles. The van der Waals surface area contributed by atoms with Crippen molar-refractivity contribution in [2.75, 3.05) is 0 Å². The summed E-state index contributed by atoms with van der Waals surface area (Å²) in [6, 6.07) is 14.2. The van der Waals surface area contributed by atoms with Crippen LogP contribution < -0.4 is 0 Å². The van der Waals surface area contributed by atoms with E-state index >= 15 is 0 Å². The summed E-state index contributed by atoms with van der Waals surface area (Å²) in [5.41, 5.74) is 1.05. The fourth-order valence-electron chi connectivity index (χ4n) is 1.59. The van der Waals surface area contributed by atoms with Crippen LogP contribution in [-0.2, 0) is 0 Å². The second-order valence-electron chi connectivity index (χ2n) is 3.70. The van der Waals surface area contributed by atoms with Gasteiger partial charge in [0.05, 0.1) is 11.6 Å². The Morgan fingerprint density at radius 2 is 1.78 bits per heavy atom. The first-order chi connectivity index (χ1) is 8.70. The zero-order valence-electron chi connectivity index (χ0n) is 9.40. The normalized spacial score (nSPS) is 11.1. The average molecular weight is 241 g/mol. The fourth-order valence-corrected chi connectivity index (χ4v) is 1.59. The second-order valence-corrected chi connectivity index (χ2v) is 3.70. The van der Waals surface area contributed by atoms with Crippen molar-refractivity contribution in [3.8, 4) is 6.07 Å². The van der Waals surface area contributed by atoms with Crippen LogP contribution in [-0.4, -0.2) is 0 Å². The highest BCUT2D eigenvalue weighted by atomic mass is 19.1. The zero-order valence-corrected chi connectivity index (χ0v) is 9.40. The first-order valence-corrected chi connectivity index (χ1v) is 5.33. The number of hydrogen-bond donors (Lipinski definition) is 0. The van der Waals surface area contributed by atoms with Crippen LogP contribution >= 0.6 is 0 Å². The van der Waals surface area contributed by atoms with Gasteiger partial charge in [0.2, 0.25) is 0 Å². The SMILES string of the molecule is N#C/C(=C/c1ccccc1)c1ccc(F)cc1F. The number of rotatable bonds is 2. The Morgan fingerprint density at radius 1 is 1.06 bits per heavy atom. The van der Waals surface area contributed by atoms with E-state index in [2.05, 4.69) is 0 Å². The molecule has 0 unspecified atom stereocenters. The number of nitriles is 1. The maximum Gasteiger partial charge on any atom is 0.134 e. The molecule has 0 aromatic heterocycles. The van der Waals surface area contributed by atoms with E-state index in [1.807, 2.05) is 24.3 Å². The summed E-state index contributed by atoms with van der Waals surface area (Å²) in [4.78, 5) is 0. The molecule has 0 saturated carbocycles. The summed E-state index contributed by atoms with van der Waals surface area (Å²) in [5, 5.41) is 9.06. The molecule has 3 heteroatoms. The third kappa shape index (κ3) is 2.61. The maximum atomic E-state index is 13.6. The number of allylic oxidation sites excluding steroid dienone is 1. The smallest absolute Gasteiger partial charge is 0.134 e. The van der Waals surface area contributed by atoms with Gasteiger partial charge in [0.15, 0.2) is 0 Å². The Morgan fingerprint density at radius 3 is 2.39 bits per heavy atom. The van der Waals surface area contributed by atoms with Crippen LogP contribution in [0.5, 0.6) is 0 Å². The van der Waals surface area contributed by atoms with Crippen LogP contribution in [0.15, 0.2) is 48.5 Å². The summed E-state index contributed by atoms with van der Waals surface area (Å²) in [7, 11) is 0. The van der Waals surface area contributed by atoms with Crippen LogP contribution in [0.3, 0.4) is 0 Å². The van der Waals surface area contributed by atoms with Gasteiger partial charge in [-0.3, -0.25) is 0 Å². The minimum atomic E-state index is -0.737. The molecule has 2 rings (SSSR count). The van der Waals surface area contributed by atoms with Crippen LogP contribution in [0, 0.1) is 23.0 Å². The van der Waals surface area contributed by atoms with Gasteiger partial charge in [-0.05, 0) is 23.8 Å². The van der Waals surface area contributed by atoms with Crippen molar-refractivity contribution in [1.82, 2.24) is 0 Å². The van der Waals surface area contributed by atoms with E-state index in [1.54, 1.807) is 18.2 Å². The summed E-state index contributed by atoms with van der Waals surface area (Å²) in [5.74, 6) is -1.40. The van der Waals surface area contributed by atoms with Gasteiger partial charge in [-0.2, -0.15) is 5.26 Å². The lowest BCUT2D eigenvalue weighted by Crippen LogP contribution is -1.89. The van der Waals surface area contributed by atoms with E-state index in [4.69, 9.17) is 5.26 Å². The predicted octanol–water partition coefficient (Wildman–Crippen LogP) is 4.03. The van der Waals surface area contributed by atoms with Gasteiger partial charge in [-0.15, -0.1) is 0 Å². The van der Waals surface area contributed by atoms with E-state index in [9.17, 15) is 8.78 Å². The lowest BCUT2D eigenvalue weighted by Gasteiger charge is -2.01. The molecule has 0 aliphatic heterocycles. The fraction of sp³-hybridized carbons (Fsp3) is 0. The molecule has 18 heavy (non-hydrogen) atoms. The standard InChI is InChI=1S/C15H9F2N/c16-13-6-7-14(15(17)9-13)12(10-18)8-11-4-2-1-3-5-11/h1-9H/b12-8-. The summed E-state index contributed by atoms with van der Waals surface area (Å²) in [6.45, 7) is 0. The van der Waals surface area contributed by atoms with Gasteiger partial charge in [0.1, 0.15) is 11.6 Å². The molecule has 88 valence electrons. The molecule has 0 fully saturated rings. The van der Waals surface area contributed by atoms with Crippen molar-refractivity contribution < 1.29 is 8.78 Å². The zero-order chi connectivity index (χ0) is 13.0. The molecule has 0 saturated heterocycles. The lowest BCUT2D eigenvalue weighted by molar-refractivity contribution is 0.581. The predicted molar refractivity (Wildman–Crippen MR) is 66.3 cm³/mol. The van der Waals surface area contributed by atoms with Crippen molar-refractivity contribution in [2.45, 2.75) is 0 Å². The Labute approximate surface area is 104 Å². The van der Waals surface area contributed by atoms with Gasteiger partial charge < -0.3 is 0 Å². The molecule has 2 aromatic rings. The first-order valence-electron chi connectivity index (χ1n) is 5.33. The molecule has 0 aliphatic rings. The molecule has 0 radical (unpaired) electrons. The second kappa shape index (κ2) is 5.24. The highest BCUT2D eigenvalue weighted by molar-refractivity contribution is 5.89. The van der Waals surface area contributed by atoms with Crippen molar-refractivity contribution in [2.24, 2.45) is 0 Å². The molecule has 0 heterocycles. The number of hydrogen-bond acceptors (Lipinski definition) is 1. The average Bonchev–Trinajstić information content (AvgIpc) is 2.38. The molecular formula is C15H9F2N. The summed E-state index contributed by atoms with van der Waals surface area (Å²) >= 11 is 0. The lowest BCUT2D eigenvalue weighted by atomic mass is 10.0. The minimum Gasteiger partial charge on any atom is -0.207 e. The molecule has 0 bridgehead atoms. The molecule has 0 N–H and O–H groups in total. The third-order valence-corrected chi connectivity index (χ3v) is 2.45. The quantitative estimate of drug-likeness (QED) is 0.575. The Bertz CT molecular complexity index is 625. The molecule has 0 amide bonds. The Hall–Kier alpha value is -2.47. The first kappa shape index (κ1) is 12.0. The van der Waals surface area contributed by atoms with Gasteiger partial charge in [-0.1, -0.05) is 30.3 Å². The van der Waals surface area contributed by atoms with Crippen molar-refractivity contribution in [3.63, 3.8) is 0 Å². The van der Waals surface area contributed by atoms with Crippen LogP contribution in [0.4, 0.5) is 8.78 Å². The topological polar surface area (TPSA) is 23.8 Å². The van der Waals surface area contributed by atoms with Gasteiger partial charge >= 0.3 is 0 Å². The highest BCUT2D eigenvalue weighted by Crippen LogP contribution is 2.21. The summed E-state index contributed by atoms with van der Waals surface area (Å²) < 4.78 is 26.4. The van der Waals surface area contributed by atoms with Crippen molar-refractivity contribution in [1.29, 1.82) is 5.26 Å². The van der Waals surface area contributed by atoms with Crippen LogP contribution in [0.25, 0.3) is 11.6 Å². The van der Waals surface area contributed by atoms with Gasteiger partial charge in [-0.25, -0.2) is 8.78 Å². The largest absolute Gasteiger partial charge is 0.207 e. The van der Waals surface area contributed by atoms with Crippen molar-refractivity contribution >= 4 is 11.6 Å². The van der Waals surface area contributed by atoms with Gasteiger partial charge in [0.25, 0.3) is 0 Å². The molecule has 0 atom stereocenters. The van der Waals surface area contributed by atoms with Crippen LogP contribution in [0.1, 0.15) is 11.1 Å². The third-order valence-electron chi connectivity index (χ3n) is 2.45. The molecule has 0 spiro atoms. The Balaban J connectivity index is 2.47. The van der Waals surface area contributed by atoms with E-state index in [0.29, 0.717) is 0 Å². The van der Waals surface area contributed by atoms with E-state index in [0.717, 1.165) is 17.7 Å². The number of halogens is 2. The van der Waals surface area contributed by atoms with Crippen LogP contribution in [0.2, 0.25) is 0 Å².